The molecule has 0 aliphatic heterocycles. The molecule has 1 fully saturated rings. The van der Waals surface area contributed by atoms with Crippen molar-refractivity contribution in [3.05, 3.63) is 0 Å². The number of nitrogens with one attached hydrogen (secondary N) is 2. The fourth-order valence-electron chi connectivity index (χ4n) is 3.00. The number of nitrogens with zero attached hydrogens (tertiary/aromatic N) is 1. The van der Waals surface area contributed by atoms with Crippen molar-refractivity contribution in [1.82, 2.24) is 15.5 Å². The molecule has 3 N–H and O–H groups in total. The van der Waals surface area contributed by atoms with Gasteiger partial charge in [0.1, 0.15) is 6.04 Å². The Hall–Kier alpha value is -2.12. The summed E-state index contributed by atoms with van der Waals surface area (Å²) in [4.78, 5) is 48.0. The van der Waals surface area contributed by atoms with Gasteiger partial charge in [-0.1, -0.05) is 12.8 Å². The van der Waals surface area contributed by atoms with E-state index in [2.05, 4.69) is 10.6 Å². The Balaban J connectivity index is 2.57. The van der Waals surface area contributed by atoms with E-state index in [1.807, 2.05) is 0 Å². The first kappa shape index (κ1) is 20.9. The van der Waals surface area contributed by atoms with Crippen LogP contribution in [0.25, 0.3) is 0 Å². The molecule has 1 saturated carbocycles. The maximum absolute atomic E-state index is 12.5. The van der Waals surface area contributed by atoms with E-state index in [0.29, 0.717) is 0 Å². The number of hydrogen-bond acceptors (Lipinski definition) is 4. The second-order valence-corrected chi connectivity index (χ2v) is 6.68. The highest BCUT2D eigenvalue weighted by Crippen LogP contribution is 2.24. The normalized spacial score (nSPS) is 16.8. The van der Waals surface area contributed by atoms with E-state index in [4.69, 9.17) is 0 Å². The van der Waals surface area contributed by atoms with Crippen LogP contribution in [-0.2, 0) is 19.2 Å². The van der Waals surface area contributed by atoms with Gasteiger partial charge < -0.3 is 20.6 Å². The average molecular weight is 355 g/mol. The quantitative estimate of drug-likeness (QED) is 0.557. The molecule has 8 heteroatoms. The summed E-state index contributed by atoms with van der Waals surface area (Å²) in [5, 5.41) is 14.6. The van der Waals surface area contributed by atoms with Gasteiger partial charge in [-0.25, -0.2) is 4.79 Å². The molecule has 0 spiro atoms. The lowest BCUT2D eigenvalue weighted by molar-refractivity contribution is -0.149. The highest BCUT2D eigenvalue weighted by Gasteiger charge is 2.28. The largest absolute Gasteiger partial charge is 0.480 e. The van der Waals surface area contributed by atoms with Crippen LogP contribution in [0, 0.1) is 5.92 Å². The van der Waals surface area contributed by atoms with Gasteiger partial charge in [0.2, 0.25) is 17.7 Å². The zero-order valence-corrected chi connectivity index (χ0v) is 15.2. The second kappa shape index (κ2) is 10.0. The Bertz CT molecular complexity index is 503. The minimum atomic E-state index is -1.11. The maximum atomic E-state index is 12.5. The summed E-state index contributed by atoms with van der Waals surface area (Å²) in [6.45, 7) is 4.81. The van der Waals surface area contributed by atoms with Gasteiger partial charge in [-0.3, -0.25) is 14.4 Å². The van der Waals surface area contributed by atoms with Crippen LogP contribution in [-0.4, -0.2) is 58.9 Å². The number of carboxylic acid groups (broad SMARTS) is 1. The zero-order valence-electron chi connectivity index (χ0n) is 15.2. The van der Waals surface area contributed by atoms with E-state index in [9.17, 15) is 24.3 Å². The van der Waals surface area contributed by atoms with E-state index in [-0.39, 0.29) is 49.2 Å². The summed E-state index contributed by atoms with van der Waals surface area (Å²) in [6.07, 6.45) is 3.89. The van der Waals surface area contributed by atoms with Crippen molar-refractivity contribution in [2.24, 2.45) is 5.92 Å². The number of rotatable bonds is 9. The number of carbonyl (C=O) groups is 4. The molecule has 25 heavy (non-hydrogen) atoms. The Morgan fingerprint density at radius 1 is 1.16 bits per heavy atom. The number of aliphatic carboxylic acids is 1. The molecule has 8 nitrogen and oxygen atoms in total. The summed E-state index contributed by atoms with van der Waals surface area (Å²) in [7, 11) is 0. The molecular weight excluding hydrogens is 326 g/mol. The number of carbonyl (C=O) groups excluding carboxylic acids is 3. The van der Waals surface area contributed by atoms with Gasteiger partial charge in [-0.05, 0) is 26.7 Å². The van der Waals surface area contributed by atoms with E-state index < -0.39 is 12.0 Å². The molecule has 1 aliphatic rings. The standard InChI is InChI=1S/C17H29N3O5/c1-11(19-16(23)14-6-4-5-7-14)10-15(22)20(12(2)17(24)25)9-8-18-13(3)21/h11-12,14H,4-10H2,1-3H3,(H,18,21)(H,19,23)(H,24,25). The first-order valence-corrected chi connectivity index (χ1v) is 8.79. The molecule has 1 rings (SSSR count). The van der Waals surface area contributed by atoms with Crippen LogP contribution in [0.2, 0.25) is 0 Å². The summed E-state index contributed by atoms with van der Waals surface area (Å²) < 4.78 is 0. The highest BCUT2D eigenvalue weighted by atomic mass is 16.4. The minimum absolute atomic E-state index is 0.0198. The third-order valence-electron chi connectivity index (χ3n) is 4.47. The monoisotopic (exact) mass is 355 g/mol. The van der Waals surface area contributed by atoms with Crippen LogP contribution in [0.4, 0.5) is 0 Å². The lowest BCUT2D eigenvalue weighted by Gasteiger charge is -2.28. The van der Waals surface area contributed by atoms with Crippen LogP contribution in [0.1, 0.15) is 52.9 Å². The van der Waals surface area contributed by atoms with Crippen LogP contribution in [0.15, 0.2) is 0 Å². The Labute approximate surface area is 148 Å². The van der Waals surface area contributed by atoms with Gasteiger partial charge >= 0.3 is 5.97 Å². The van der Waals surface area contributed by atoms with Gasteiger partial charge in [-0.2, -0.15) is 0 Å². The molecule has 0 bridgehead atoms. The molecule has 0 heterocycles. The minimum Gasteiger partial charge on any atom is -0.480 e. The number of amides is 3. The third kappa shape index (κ3) is 7.11. The van der Waals surface area contributed by atoms with Crippen molar-refractivity contribution in [2.45, 2.75) is 65.0 Å². The molecule has 3 amide bonds. The van der Waals surface area contributed by atoms with Crippen molar-refractivity contribution < 1.29 is 24.3 Å². The third-order valence-corrected chi connectivity index (χ3v) is 4.47. The van der Waals surface area contributed by atoms with Gasteiger partial charge in [0, 0.05) is 38.4 Å². The molecule has 0 saturated heterocycles. The van der Waals surface area contributed by atoms with Crippen molar-refractivity contribution in [2.75, 3.05) is 13.1 Å². The molecule has 0 aromatic carbocycles. The SMILES string of the molecule is CC(=O)NCCN(C(=O)CC(C)NC(=O)C1CCCC1)C(C)C(=O)O. The molecular formula is C17H29N3O5. The molecule has 2 atom stereocenters. The molecule has 142 valence electrons. The molecule has 0 aromatic rings. The average Bonchev–Trinajstić information content (AvgIpc) is 3.04. The summed E-state index contributed by atoms with van der Waals surface area (Å²) in [5.74, 6) is -1.73. The highest BCUT2D eigenvalue weighted by molar-refractivity contribution is 5.85. The van der Waals surface area contributed by atoms with Crippen molar-refractivity contribution in [1.29, 1.82) is 0 Å². The second-order valence-electron chi connectivity index (χ2n) is 6.68. The van der Waals surface area contributed by atoms with Gasteiger partial charge in [0.15, 0.2) is 0 Å². The summed E-state index contributed by atoms with van der Waals surface area (Å²) in [6, 6.07) is -1.37. The summed E-state index contributed by atoms with van der Waals surface area (Å²) >= 11 is 0. The van der Waals surface area contributed by atoms with Crippen molar-refractivity contribution >= 4 is 23.7 Å². The van der Waals surface area contributed by atoms with Crippen molar-refractivity contribution in [3.63, 3.8) is 0 Å². The predicted molar refractivity (Wildman–Crippen MR) is 91.7 cm³/mol. The lowest BCUT2D eigenvalue weighted by atomic mass is 10.1. The number of carboxylic acids is 1. The van der Waals surface area contributed by atoms with Gasteiger partial charge in [0.05, 0.1) is 0 Å². The Kier molecular flexibility index (Phi) is 8.37. The smallest absolute Gasteiger partial charge is 0.326 e. The predicted octanol–water partition coefficient (Wildman–Crippen LogP) is 0.509. The van der Waals surface area contributed by atoms with Crippen LogP contribution >= 0.6 is 0 Å². The molecule has 2 unspecified atom stereocenters. The molecule has 0 aromatic heterocycles. The van der Waals surface area contributed by atoms with Crippen molar-refractivity contribution in [3.8, 4) is 0 Å². The first-order valence-electron chi connectivity index (χ1n) is 8.79. The fraction of sp³-hybridized carbons (Fsp3) is 0.765. The Morgan fingerprint density at radius 3 is 2.28 bits per heavy atom. The van der Waals surface area contributed by atoms with Crippen LogP contribution in [0.5, 0.6) is 0 Å². The zero-order chi connectivity index (χ0) is 19.0. The maximum Gasteiger partial charge on any atom is 0.326 e. The van der Waals surface area contributed by atoms with Gasteiger partial charge in [-0.15, -0.1) is 0 Å². The number of hydrogen-bond donors (Lipinski definition) is 3. The van der Waals surface area contributed by atoms with Gasteiger partial charge in [0.25, 0.3) is 0 Å². The molecule has 1 aliphatic carbocycles. The first-order chi connectivity index (χ1) is 11.7. The fourth-order valence-corrected chi connectivity index (χ4v) is 3.00. The topological polar surface area (TPSA) is 116 Å². The molecule has 0 radical (unpaired) electrons. The van der Waals surface area contributed by atoms with E-state index in [1.165, 1.54) is 18.7 Å². The Morgan fingerprint density at radius 2 is 1.76 bits per heavy atom. The summed E-state index contributed by atoms with van der Waals surface area (Å²) in [5.41, 5.74) is 0. The lowest BCUT2D eigenvalue weighted by Crippen LogP contribution is -2.49. The van der Waals surface area contributed by atoms with Crippen LogP contribution in [0.3, 0.4) is 0 Å². The van der Waals surface area contributed by atoms with Crippen LogP contribution < -0.4 is 10.6 Å². The van der Waals surface area contributed by atoms with E-state index in [0.717, 1.165) is 25.7 Å². The van der Waals surface area contributed by atoms with E-state index in [1.54, 1.807) is 6.92 Å². The van der Waals surface area contributed by atoms with E-state index >= 15 is 0 Å².